The van der Waals surface area contributed by atoms with Crippen LogP contribution in [0.2, 0.25) is 0 Å². The maximum atomic E-state index is 12.2. The molecule has 2 rings (SSSR count). The number of primary amides is 1. The molecule has 1 amide bonds. The largest absolute Gasteiger partial charge is 0.388 e. The van der Waals surface area contributed by atoms with Gasteiger partial charge in [-0.05, 0) is 63.9 Å². The lowest BCUT2D eigenvalue weighted by atomic mass is 9.80. The van der Waals surface area contributed by atoms with Gasteiger partial charge >= 0.3 is 0 Å². The minimum Gasteiger partial charge on any atom is -0.388 e. The Morgan fingerprint density at radius 3 is 2.19 bits per heavy atom. The van der Waals surface area contributed by atoms with Crippen molar-refractivity contribution in [3.05, 3.63) is 34.9 Å². The van der Waals surface area contributed by atoms with Crippen molar-refractivity contribution in [3.63, 3.8) is 0 Å². The van der Waals surface area contributed by atoms with Crippen LogP contribution in [0.1, 0.15) is 115 Å². The summed E-state index contributed by atoms with van der Waals surface area (Å²) < 4.78 is 3.65. The minimum atomic E-state index is -0.857. The number of aromatic nitrogens is 4. The highest BCUT2D eigenvalue weighted by molar-refractivity contribution is 5.93. The van der Waals surface area contributed by atoms with Crippen molar-refractivity contribution >= 4 is 5.91 Å². The number of carbonyl (C=O) groups is 1. The second-order valence-electron chi connectivity index (χ2n) is 11.2. The molecule has 0 radical (unpaired) electrons. The number of rotatable bonds is 8. The van der Waals surface area contributed by atoms with Crippen molar-refractivity contribution in [2.24, 2.45) is 5.73 Å². The van der Waals surface area contributed by atoms with Gasteiger partial charge in [0.05, 0.1) is 29.6 Å². The Morgan fingerprint density at radius 1 is 1.13 bits per heavy atom. The maximum absolute atomic E-state index is 12.2. The molecule has 0 aromatic carbocycles. The summed E-state index contributed by atoms with van der Waals surface area (Å²) in [6, 6.07) is -0.101. The molecule has 0 aliphatic carbocycles. The van der Waals surface area contributed by atoms with E-state index >= 15 is 0 Å². The van der Waals surface area contributed by atoms with Crippen molar-refractivity contribution < 1.29 is 9.90 Å². The first-order valence-corrected chi connectivity index (χ1v) is 11.1. The predicted molar refractivity (Wildman–Crippen MR) is 124 cm³/mol. The minimum absolute atomic E-state index is 0.0310. The summed E-state index contributed by atoms with van der Waals surface area (Å²) in [6.07, 6.45) is 5.56. The molecule has 2 unspecified atom stereocenters. The standard InChI is InChI=1S/C24H41N5O2/c1-15(29-20(21(25)30)18(13-26-29)22(4,5)6)11-12-23(7,8)19-14-28(27-16(19)2)17(3)24(9,10)31/h13-15,17,31H,11-12H2,1-10H3,(H2,25,30). The molecule has 2 atom stereocenters. The highest BCUT2D eigenvalue weighted by Crippen LogP contribution is 2.35. The van der Waals surface area contributed by atoms with Gasteiger partial charge in [-0.25, -0.2) is 0 Å². The fraction of sp³-hybridized carbons (Fsp3) is 0.708. The molecule has 7 nitrogen and oxygen atoms in total. The van der Waals surface area contributed by atoms with Gasteiger partial charge in [0.1, 0.15) is 5.69 Å². The number of hydrogen-bond donors (Lipinski definition) is 2. The summed E-state index contributed by atoms with van der Waals surface area (Å²) >= 11 is 0. The van der Waals surface area contributed by atoms with Gasteiger partial charge in [0.2, 0.25) is 0 Å². The summed E-state index contributed by atoms with van der Waals surface area (Å²) in [5, 5.41) is 19.6. The van der Waals surface area contributed by atoms with Crippen molar-refractivity contribution in [2.75, 3.05) is 0 Å². The van der Waals surface area contributed by atoms with Crippen molar-refractivity contribution in [3.8, 4) is 0 Å². The van der Waals surface area contributed by atoms with E-state index in [1.807, 2.05) is 18.5 Å². The zero-order valence-electron chi connectivity index (χ0n) is 20.9. The van der Waals surface area contributed by atoms with Crippen LogP contribution < -0.4 is 5.73 Å². The molecule has 2 heterocycles. The lowest BCUT2D eigenvalue weighted by Crippen LogP contribution is -2.31. The summed E-state index contributed by atoms with van der Waals surface area (Å²) in [7, 11) is 0. The Balaban J connectivity index is 2.24. The third-order valence-electron chi connectivity index (χ3n) is 6.51. The normalized spacial score (nSPS) is 15.2. The van der Waals surface area contributed by atoms with Gasteiger partial charge in [-0.3, -0.25) is 14.2 Å². The number of nitrogens with two attached hydrogens (primary N) is 1. The second kappa shape index (κ2) is 8.41. The Kier molecular flexibility index (Phi) is 6.82. The predicted octanol–water partition coefficient (Wildman–Crippen LogP) is 4.44. The van der Waals surface area contributed by atoms with Gasteiger partial charge in [-0.2, -0.15) is 10.2 Å². The third kappa shape index (κ3) is 5.37. The molecular weight excluding hydrogens is 390 g/mol. The van der Waals surface area contributed by atoms with E-state index in [4.69, 9.17) is 5.73 Å². The lowest BCUT2D eigenvalue weighted by molar-refractivity contribution is 0.0256. The van der Waals surface area contributed by atoms with Crippen LogP contribution in [0.15, 0.2) is 12.4 Å². The summed E-state index contributed by atoms with van der Waals surface area (Å²) in [6.45, 7) is 20.3. The van der Waals surface area contributed by atoms with E-state index in [1.165, 1.54) is 5.56 Å². The average Bonchev–Trinajstić information content (AvgIpc) is 3.22. The van der Waals surface area contributed by atoms with E-state index in [2.05, 4.69) is 57.9 Å². The van der Waals surface area contributed by atoms with Crippen LogP contribution in [0.4, 0.5) is 0 Å². The molecule has 3 N–H and O–H groups in total. The topological polar surface area (TPSA) is 99.0 Å². The van der Waals surface area contributed by atoms with Gasteiger partial charge in [0.25, 0.3) is 5.91 Å². The zero-order valence-corrected chi connectivity index (χ0v) is 20.9. The Hall–Kier alpha value is -2.15. The molecule has 31 heavy (non-hydrogen) atoms. The second-order valence-corrected chi connectivity index (χ2v) is 11.2. The van der Waals surface area contributed by atoms with Gasteiger partial charge in [0.15, 0.2) is 0 Å². The van der Waals surface area contributed by atoms with Gasteiger partial charge in [0, 0.05) is 11.8 Å². The molecule has 174 valence electrons. The molecule has 0 aliphatic heterocycles. The molecule has 0 bridgehead atoms. The van der Waals surface area contributed by atoms with Crippen LogP contribution in [0.25, 0.3) is 0 Å². The Bertz CT molecular complexity index is 925. The monoisotopic (exact) mass is 431 g/mol. The first-order chi connectivity index (χ1) is 14.0. The first kappa shape index (κ1) is 25.1. The van der Waals surface area contributed by atoms with Crippen molar-refractivity contribution in [1.29, 1.82) is 0 Å². The molecule has 0 spiro atoms. The third-order valence-corrected chi connectivity index (χ3v) is 6.51. The molecular formula is C24H41N5O2. The van der Waals surface area contributed by atoms with Crippen LogP contribution in [0.3, 0.4) is 0 Å². The van der Waals surface area contributed by atoms with E-state index in [0.717, 1.165) is 24.1 Å². The van der Waals surface area contributed by atoms with Gasteiger partial charge < -0.3 is 10.8 Å². The van der Waals surface area contributed by atoms with E-state index in [0.29, 0.717) is 5.69 Å². The smallest absolute Gasteiger partial charge is 0.267 e. The zero-order chi connectivity index (χ0) is 23.9. The number of amides is 1. The molecule has 0 fully saturated rings. The highest BCUT2D eigenvalue weighted by Gasteiger charge is 2.31. The summed E-state index contributed by atoms with van der Waals surface area (Å²) in [5.41, 5.74) is 8.06. The van der Waals surface area contributed by atoms with E-state index in [9.17, 15) is 9.90 Å². The molecule has 0 saturated carbocycles. The summed E-state index contributed by atoms with van der Waals surface area (Å²) in [5.74, 6) is -0.439. The lowest BCUT2D eigenvalue weighted by Gasteiger charge is -2.28. The fourth-order valence-corrected chi connectivity index (χ4v) is 3.99. The van der Waals surface area contributed by atoms with Crippen molar-refractivity contribution in [2.45, 2.75) is 111 Å². The molecule has 2 aromatic heterocycles. The van der Waals surface area contributed by atoms with E-state index in [-0.39, 0.29) is 22.9 Å². The number of hydrogen-bond acceptors (Lipinski definition) is 4. The Labute approximate surface area is 187 Å². The number of nitrogens with zero attached hydrogens (tertiary/aromatic N) is 4. The van der Waals surface area contributed by atoms with Gasteiger partial charge in [-0.1, -0.05) is 34.6 Å². The van der Waals surface area contributed by atoms with Crippen LogP contribution in [0.5, 0.6) is 0 Å². The van der Waals surface area contributed by atoms with E-state index in [1.54, 1.807) is 24.7 Å². The number of aliphatic hydroxyl groups is 1. The first-order valence-electron chi connectivity index (χ1n) is 11.1. The maximum Gasteiger partial charge on any atom is 0.267 e. The number of carbonyl (C=O) groups excluding carboxylic acids is 1. The molecule has 0 aliphatic rings. The fourth-order valence-electron chi connectivity index (χ4n) is 3.99. The number of aryl methyl sites for hydroxylation is 1. The van der Waals surface area contributed by atoms with Crippen LogP contribution >= 0.6 is 0 Å². The highest BCUT2D eigenvalue weighted by atomic mass is 16.3. The van der Waals surface area contributed by atoms with E-state index < -0.39 is 11.5 Å². The average molecular weight is 432 g/mol. The van der Waals surface area contributed by atoms with Crippen LogP contribution in [0, 0.1) is 6.92 Å². The molecule has 0 saturated heterocycles. The van der Waals surface area contributed by atoms with Crippen LogP contribution in [-0.2, 0) is 10.8 Å². The molecule has 2 aromatic rings. The SMILES string of the molecule is Cc1nn(C(C)C(C)(C)O)cc1C(C)(C)CCC(C)n1ncc(C(C)(C)C)c1C(N)=O. The molecule has 7 heteroatoms. The summed E-state index contributed by atoms with van der Waals surface area (Å²) in [4.78, 5) is 12.2. The quantitative estimate of drug-likeness (QED) is 0.645. The van der Waals surface area contributed by atoms with Crippen LogP contribution in [-0.4, -0.2) is 36.2 Å². The van der Waals surface area contributed by atoms with Crippen molar-refractivity contribution in [1.82, 2.24) is 19.6 Å². The van der Waals surface area contributed by atoms with Gasteiger partial charge in [-0.15, -0.1) is 0 Å². The Morgan fingerprint density at radius 2 is 1.71 bits per heavy atom.